The van der Waals surface area contributed by atoms with E-state index in [2.05, 4.69) is 15.6 Å². The minimum atomic E-state index is -0.197. The van der Waals surface area contributed by atoms with Crippen LogP contribution in [0, 0.1) is 0 Å². The summed E-state index contributed by atoms with van der Waals surface area (Å²) in [4.78, 5) is 27.7. The number of hydrogen-bond acceptors (Lipinski definition) is 4. The Hall–Kier alpha value is -2.89. The van der Waals surface area contributed by atoms with Crippen LogP contribution in [0.5, 0.6) is 0 Å². The number of amides is 2. The first-order chi connectivity index (χ1) is 12.5. The molecule has 0 aromatic carbocycles. The van der Waals surface area contributed by atoms with Gasteiger partial charge < -0.3 is 15.4 Å². The molecular weight excluding hydrogens is 330 g/mol. The van der Waals surface area contributed by atoms with E-state index in [1.54, 1.807) is 18.5 Å². The first kappa shape index (κ1) is 19.4. The highest BCUT2D eigenvalue weighted by Gasteiger charge is 2.11. The molecule has 0 saturated heterocycles. The van der Waals surface area contributed by atoms with Gasteiger partial charge in [-0.05, 0) is 50.5 Å². The maximum absolute atomic E-state index is 12.0. The van der Waals surface area contributed by atoms with Gasteiger partial charge in [-0.15, -0.1) is 0 Å². The quantitative estimate of drug-likeness (QED) is 0.702. The minimum Gasteiger partial charge on any atom is -0.484 e. The molecule has 6 heteroatoms. The van der Waals surface area contributed by atoms with Gasteiger partial charge in [-0.2, -0.15) is 0 Å². The van der Waals surface area contributed by atoms with Crippen LogP contribution in [0.4, 0.5) is 0 Å². The Bertz CT molecular complexity index is 706. The fraction of sp³-hybridized carbons (Fsp3) is 0.350. The van der Waals surface area contributed by atoms with Crippen LogP contribution in [0.3, 0.4) is 0 Å². The Morgan fingerprint density at radius 1 is 1.31 bits per heavy atom. The van der Waals surface area contributed by atoms with Gasteiger partial charge in [0.15, 0.2) is 6.61 Å². The molecule has 1 aliphatic rings. The van der Waals surface area contributed by atoms with Crippen molar-refractivity contribution in [2.75, 3.05) is 6.61 Å². The number of hydrogen-bond donors (Lipinski definition) is 2. The van der Waals surface area contributed by atoms with Crippen LogP contribution in [0.25, 0.3) is 0 Å². The van der Waals surface area contributed by atoms with E-state index in [1.807, 2.05) is 38.1 Å². The maximum atomic E-state index is 12.0. The second-order valence-electron chi connectivity index (χ2n) is 6.23. The highest BCUT2D eigenvalue weighted by molar-refractivity contribution is 5.88. The third kappa shape index (κ3) is 6.93. The molecule has 1 aromatic rings. The summed E-state index contributed by atoms with van der Waals surface area (Å²) in [6, 6.07) is 3.80. The second-order valence-corrected chi connectivity index (χ2v) is 6.23. The van der Waals surface area contributed by atoms with Gasteiger partial charge in [0.1, 0.15) is 5.76 Å². The zero-order chi connectivity index (χ0) is 18.8. The SMILES string of the molecule is CC(C)NC(=O)COC1=CCCC=C1/C=C/C(=O)NCc1cccnc1. The smallest absolute Gasteiger partial charge is 0.258 e. The van der Waals surface area contributed by atoms with E-state index >= 15 is 0 Å². The van der Waals surface area contributed by atoms with Crippen molar-refractivity contribution >= 4 is 11.8 Å². The number of ether oxygens (including phenoxy) is 1. The maximum Gasteiger partial charge on any atom is 0.258 e. The van der Waals surface area contributed by atoms with Crippen molar-refractivity contribution < 1.29 is 14.3 Å². The largest absolute Gasteiger partial charge is 0.484 e. The lowest BCUT2D eigenvalue weighted by Crippen LogP contribution is -2.33. The standard InChI is InChI=1S/C20H25N3O3/c1-15(2)23-20(25)14-26-18-8-4-3-7-17(18)9-10-19(24)22-13-16-6-5-11-21-12-16/h5-12,15H,3-4,13-14H2,1-2H3,(H,22,24)(H,23,25)/b10-9+. The van der Waals surface area contributed by atoms with E-state index in [0.717, 1.165) is 24.0 Å². The van der Waals surface area contributed by atoms with E-state index in [9.17, 15) is 9.59 Å². The number of carbonyl (C=O) groups excluding carboxylic acids is 2. The molecule has 0 radical (unpaired) electrons. The number of nitrogens with zero attached hydrogens (tertiary/aromatic N) is 1. The van der Waals surface area contributed by atoms with E-state index < -0.39 is 0 Å². The summed E-state index contributed by atoms with van der Waals surface area (Å²) >= 11 is 0. The van der Waals surface area contributed by atoms with Gasteiger partial charge in [-0.25, -0.2) is 0 Å². The summed E-state index contributed by atoms with van der Waals surface area (Å²) in [5.74, 6) is 0.271. The molecule has 0 spiro atoms. The second kappa shape index (κ2) is 10.2. The molecule has 0 bridgehead atoms. The highest BCUT2D eigenvalue weighted by atomic mass is 16.5. The monoisotopic (exact) mass is 355 g/mol. The Kier molecular flexibility index (Phi) is 7.61. The normalized spacial score (nSPS) is 14.0. The number of nitrogens with one attached hydrogen (secondary N) is 2. The average Bonchev–Trinajstić information content (AvgIpc) is 2.64. The topological polar surface area (TPSA) is 80.3 Å². The summed E-state index contributed by atoms with van der Waals surface area (Å²) in [7, 11) is 0. The molecule has 26 heavy (non-hydrogen) atoms. The Balaban J connectivity index is 1.84. The predicted octanol–water partition coefficient (Wildman–Crippen LogP) is 2.40. The molecule has 1 heterocycles. The van der Waals surface area contributed by atoms with Crippen LogP contribution in [-0.2, 0) is 20.9 Å². The number of rotatable bonds is 8. The number of carbonyl (C=O) groups is 2. The summed E-state index contributed by atoms with van der Waals surface area (Å²) in [6.45, 7) is 4.18. The van der Waals surface area contributed by atoms with Crippen molar-refractivity contribution in [2.45, 2.75) is 39.3 Å². The van der Waals surface area contributed by atoms with Crippen molar-refractivity contribution in [3.63, 3.8) is 0 Å². The summed E-state index contributed by atoms with van der Waals surface area (Å²) in [5.41, 5.74) is 1.75. The molecule has 0 saturated carbocycles. The lowest BCUT2D eigenvalue weighted by atomic mass is 10.0. The summed E-state index contributed by atoms with van der Waals surface area (Å²) < 4.78 is 5.61. The van der Waals surface area contributed by atoms with Gasteiger partial charge in [-0.3, -0.25) is 14.6 Å². The van der Waals surface area contributed by atoms with Gasteiger partial charge >= 0.3 is 0 Å². The Morgan fingerprint density at radius 3 is 2.85 bits per heavy atom. The number of aromatic nitrogens is 1. The molecule has 0 aliphatic heterocycles. The zero-order valence-corrected chi connectivity index (χ0v) is 15.2. The first-order valence-electron chi connectivity index (χ1n) is 8.72. The fourth-order valence-corrected chi connectivity index (χ4v) is 2.39. The molecule has 1 aliphatic carbocycles. The van der Waals surface area contributed by atoms with E-state index in [-0.39, 0.29) is 24.5 Å². The third-order valence-corrected chi connectivity index (χ3v) is 3.56. The molecule has 6 nitrogen and oxygen atoms in total. The van der Waals surface area contributed by atoms with Crippen molar-refractivity contribution in [3.8, 4) is 0 Å². The van der Waals surface area contributed by atoms with Crippen LogP contribution in [0.2, 0.25) is 0 Å². The van der Waals surface area contributed by atoms with Gasteiger partial charge in [0.2, 0.25) is 5.91 Å². The van der Waals surface area contributed by atoms with Crippen LogP contribution in [0.1, 0.15) is 32.3 Å². The molecule has 138 valence electrons. The van der Waals surface area contributed by atoms with Crippen molar-refractivity contribution in [1.82, 2.24) is 15.6 Å². The number of pyridine rings is 1. The van der Waals surface area contributed by atoms with E-state index in [4.69, 9.17) is 4.74 Å². The predicted molar refractivity (Wildman–Crippen MR) is 99.9 cm³/mol. The third-order valence-electron chi connectivity index (χ3n) is 3.56. The molecule has 1 aromatic heterocycles. The molecule has 2 rings (SSSR count). The summed E-state index contributed by atoms with van der Waals surface area (Å²) in [5, 5.41) is 5.59. The van der Waals surface area contributed by atoms with Gasteiger partial charge in [-0.1, -0.05) is 12.1 Å². The molecule has 0 atom stereocenters. The highest BCUT2D eigenvalue weighted by Crippen LogP contribution is 2.20. The van der Waals surface area contributed by atoms with Crippen molar-refractivity contribution in [2.24, 2.45) is 0 Å². The van der Waals surface area contributed by atoms with E-state index in [0.29, 0.717) is 12.3 Å². The van der Waals surface area contributed by atoms with Crippen molar-refractivity contribution in [1.29, 1.82) is 0 Å². The van der Waals surface area contributed by atoms with Crippen LogP contribution in [0.15, 0.2) is 60.2 Å². The van der Waals surface area contributed by atoms with Gasteiger partial charge in [0, 0.05) is 36.6 Å². The van der Waals surface area contributed by atoms with E-state index in [1.165, 1.54) is 6.08 Å². The summed E-state index contributed by atoms with van der Waals surface area (Å²) in [6.07, 6.45) is 12.3. The first-order valence-corrected chi connectivity index (χ1v) is 8.72. The molecular formula is C20H25N3O3. The molecule has 2 N–H and O–H groups in total. The Morgan fingerprint density at radius 2 is 2.12 bits per heavy atom. The van der Waals surface area contributed by atoms with Crippen LogP contribution >= 0.6 is 0 Å². The molecule has 0 unspecified atom stereocenters. The molecule has 2 amide bonds. The van der Waals surface area contributed by atoms with Crippen LogP contribution < -0.4 is 10.6 Å². The van der Waals surface area contributed by atoms with Crippen molar-refractivity contribution in [3.05, 3.63) is 65.7 Å². The van der Waals surface area contributed by atoms with Crippen LogP contribution in [-0.4, -0.2) is 29.4 Å². The zero-order valence-electron chi connectivity index (χ0n) is 15.2. The minimum absolute atomic E-state index is 0.0393. The van der Waals surface area contributed by atoms with Gasteiger partial charge in [0.05, 0.1) is 0 Å². The number of allylic oxidation sites excluding steroid dienone is 3. The lowest BCUT2D eigenvalue weighted by Gasteiger charge is -2.15. The fourth-order valence-electron chi connectivity index (χ4n) is 2.39. The average molecular weight is 355 g/mol. The van der Waals surface area contributed by atoms with Gasteiger partial charge in [0.25, 0.3) is 5.91 Å². The lowest BCUT2D eigenvalue weighted by molar-refractivity contribution is -0.124. The Labute approximate surface area is 154 Å². The molecule has 0 fully saturated rings.